The molecule has 3 aromatic heterocycles. The summed E-state index contributed by atoms with van der Waals surface area (Å²) >= 11 is 0. The molecule has 4 rings (SSSR count). The zero-order valence-corrected chi connectivity index (χ0v) is 21.0. The van der Waals surface area contributed by atoms with E-state index in [1.807, 2.05) is 49.0 Å². The Morgan fingerprint density at radius 3 is 2.35 bits per heavy atom. The largest absolute Gasteiger partial charge is 0.474 e. The third-order valence-corrected chi connectivity index (χ3v) is 5.65. The van der Waals surface area contributed by atoms with Crippen LogP contribution in [-0.2, 0) is 0 Å². The Kier molecular flexibility index (Phi) is 6.26. The third kappa shape index (κ3) is 4.86. The Hall–Kier alpha value is -3.54. The van der Waals surface area contributed by atoms with Crippen LogP contribution >= 0.6 is 0 Å². The second-order valence-electron chi connectivity index (χ2n) is 10.3. The van der Waals surface area contributed by atoms with Gasteiger partial charge in [0, 0.05) is 35.2 Å². The Labute approximate surface area is 201 Å². The van der Waals surface area contributed by atoms with Crippen LogP contribution in [0.1, 0.15) is 62.5 Å². The van der Waals surface area contributed by atoms with Gasteiger partial charge in [-0.1, -0.05) is 39.0 Å². The van der Waals surface area contributed by atoms with E-state index in [1.165, 1.54) is 0 Å². The number of aromatic nitrogens is 4. The molecule has 0 bridgehead atoms. The lowest BCUT2D eigenvalue weighted by Crippen LogP contribution is -2.12. The van der Waals surface area contributed by atoms with Gasteiger partial charge in [0.1, 0.15) is 0 Å². The van der Waals surface area contributed by atoms with Crippen LogP contribution in [0, 0.1) is 19.3 Å². The number of carbonyl (C=O) groups is 1. The predicted octanol–water partition coefficient (Wildman–Crippen LogP) is 6.51. The van der Waals surface area contributed by atoms with Gasteiger partial charge in [-0.05, 0) is 56.4 Å². The molecule has 0 atom stereocenters. The van der Waals surface area contributed by atoms with E-state index in [0.29, 0.717) is 23.7 Å². The lowest BCUT2D eigenvalue weighted by Gasteiger charge is -2.16. The molecule has 4 aromatic rings. The topological polar surface area (TPSA) is 69.9 Å². The number of aryl methyl sites for hydroxylation is 2. The molecule has 0 amide bonds. The maximum atomic E-state index is 13.4. The van der Waals surface area contributed by atoms with Gasteiger partial charge in [-0.3, -0.25) is 14.3 Å². The quantitative estimate of drug-likeness (QED) is 0.310. The van der Waals surface area contributed by atoms with Crippen LogP contribution in [0.25, 0.3) is 28.0 Å². The Morgan fingerprint density at radius 2 is 1.76 bits per heavy atom. The van der Waals surface area contributed by atoms with E-state index in [2.05, 4.69) is 56.9 Å². The third-order valence-electron chi connectivity index (χ3n) is 5.65. The molecule has 1 aromatic carbocycles. The molecule has 0 saturated carbocycles. The van der Waals surface area contributed by atoms with Gasteiger partial charge >= 0.3 is 0 Å². The number of ketones is 1. The summed E-state index contributed by atoms with van der Waals surface area (Å²) in [7, 11) is 0. The van der Waals surface area contributed by atoms with Crippen LogP contribution in [0.5, 0.6) is 5.88 Å². The van der Waals surface area contributed by atoms with Gasteiger partial charge in [-0.15, -0.1) is 10.2 Å². The molecule has 0 unspecified atom stereocenters. The summed E-state index contributed by atoms with van der Waals surface area (Å²) < 4.78 is 7.52. The van der Waals surface area contributed by atoms with Crippen molar-refractivity contribution in [1.82, 2.24) is 19.7 Å². The summed E-state index contributed by atoms with van der Waals surface area (Å²) in [6.07, 6.45) is 4.15. The number of ether oxygens (including phenoxy) is 1. The van der Waals surface area contributed by atoms with Gasteiger partial charge in [0.15, 0.2) is 11.6 Å². The number of pyridine rings is 1. The van der Waals surface area contributed by atoms with Gasteiger partial charge in [0.25, 0.3) is 0 Å². The lowest BCUT2D eigenvalue weighted by atomic mass is 9.87. The maximum absolute atomic E-state index is 13.4. The average Bonchev–Trinajstić information content (AvgIpc) is 3.12. The van der Waals surface area contributed by atoms with Crippen molar-refractivity contribution < 1.29 is 9.53 Å². The fraction of sp³-hybridized carbons (Fsp3) is 0.357. The highest BCUT2D eigenvalue weighted by atomic mass is 16.5. The molecule has 0 saturated heterocycles. The Balaban J connectivity index is 1.88. The molecule has 0 aliphatic carbocycles. The predicted molar refractivity (Wildman–Crippen MR) is 136 cm³/mol. The molecular weight excluding hydrogens is 424 g/mol. The van der Waals surface area contributed by atoms with Crippen molar-refractivity contribution in [2.24, 2.45) is 5.41 Å². The van der Waals surface area contributed by atoms with Crippen LogP contribution in [-0.4, -0.2) is 31.6 Å². The minimum atomic E-state index is -0.121. The number of fused-ring (bicyclic) bond motifs is 1. The van der Waals surface area contributed by atoms with Gasteiger partial charge in [-0.2, -0.15) is 0 Å². The Morgan fingerprint density at radius 1 is 1.06 bits per heavy atom. The number of hydrogen-bond acceptors (Lipinski definition) is 5. The van der Waals surface area contributed by atoms with Crippen molar-refractivity contribution in [3.63, 3.8) is 0 Å². The van der Waals surface area contributed by atoms with Crippen LogP contribution in [0.15, 0.2) is 48.8 Å². The Bertz CT molecular complexity index is 1330. The molecule has 6 nitrogen and oxygen atoms in total. The molecule has 0 radical (unpaired) electrons. The second-order valence-corrected chi connectivity index (χ2v) is 10.3. The molecule has 34 heavy (non-hydrogen) atoms. The zero-order valence-electron chi connectivity index (χ0n) is 21.0. The van der Waals surface area contributed by atoms with Gasteiger partial charge in [-0.25, -0.2) is 0 Å². The van der Waals surface area contributed by atoms with E-state index in [-0.39, 0.29) is 17.3 Å². The minimum absolute atomic E-state index is 0.0155. The highest BCUT2D eigenvalue weighted by Crippen LogP contribution is 2.33. The minimum Gasteiger partial charge on any atom is -0.474 e. The van der Waals surface area contributed by atoms with E-state index in [0.717, 1.165) is 33.3 Å². The van der Waals surface area contributed by atoms with E-state index in [9.17, 15) is 4.79 Å². The van der Waals surface area contributed by atoms with Gasteiger partial charge < -0.3 is 4.74 Å². The first kappa shape index (κ1) is 23.6. The number of Topliss-reactive ketones (excluding diaryl/α,β-unsaturated/α-hetero) is 1. The zero-order chi connectivity index (χ0) is 24.6. The van der Waals surface area contributed by atoms with Crippen molar-refractivity contribution in [1.29, 1.82) is 0 Å². The molecule has 176 valence electrons. The number of benzene rings is 1. The van der Waals surface area contributed by atoms with E-state index in [1.54, 1.807) is 6.07 Å². The molecule has 0 fully saturated rings. The summed E-state index contributed by atoms with van der Waals surface area (Å²) in [5.74, 6) is 1.18. The van der Waals surface area contributed by atoms with Crippen molar-refractivity contribution in [2.45, 2.75) is 61.0 Å². The van der Waals surface area contributed by atoms with Gasteiger partial charge in [0.2, 0.25) is 5.88 Å². The summed E-state index contributed by atoms with van der Waals surface area (Å²) in [4.78, 5) is 18.2. The first-order valence-corrected chi connectivity index (χ1v) is 11.6. The first-order chi connectivity index (χ1) is 16.0. The van der Waals surface area contributed by atoms with E-state index >= 15 is 0 Å². The monoisotopic (exact) mass is 456 g/mol. The number of carbonyl (C=O) groups excluding carboxylic acids is 1. The van der Waals surface area contributed by atoms with Crippen LogP contribution in [0.2, 0.25) is 0 Å². The lowest BCUT2D eigenvalue weighted by molar-refractivity contribution is 0.0941. The fourth-order valence-corrected chi connectivity index (χ4v) is 4.21. The number of rotatable bonds is 6. The van der Waals surface area contributed by atoms with Crippen LogP contribution in [0.4, 0.5) is 0 Å². The molecular formula is C28H32N4O2. The summed E-state index contributed by atoms with van der Waals surface area (Å²) in [5.41, 5.74) is 5.63. The summed E-state index contributed by atoms with van der Waals surface area (Å²) in [6, 6.07) is 11.9. The van der Waals surface area contributed by atoms with Crippen LogP contribution in [0.3, 0.4) is 0 Å². The standard InChI is InChI=1S/C28H32N4O2/c1-17(2)34-26-12-11-25(30-31-26)32-16-21(24(33)14-28(5,6)7)20-13-22(29-15-23(20)32)27-18(3)9-8-10-19(27)4/h8-13,15-17H,14H2,1-7H3. The van der Waals surface area contributed by atoms with Crippen LogP contribution < -0.4 is 4.74 Å². The van der Waals surface area contributed by atoms with Gasteiger partial charge in [0.05, 0.1) is 23.5 Å². The first-order valence-electron chi connectivity index (χ1n) is 11.6. The molecule has 0 N–H and O–H groups in total. The summed E-state index contributed by atoms with van der Waals surface area (Å²) in [5, 5.41) is 9.43. The molecule has 0 aliphatic heterocycles. The van der Waals surface area contributed by atoms with Crippen molar-refractivity contribution in [3.8, 4) is 23.0 Å². The highest BCUT2D eigenvalue weighted by Gasteiger charge is 2.23. The van der Waals surface area contributed by atoms with Crippen molar-refractivity contribution >= 4 is 16.7 Å². The normalized spacial score (nSPS) is 11.9. The molecule has 0 spiro atoms. The average molecular weight is 457 g/mol. The maximum Gasteiger partial charge on any atom is 0.233 e. The van der Waals surface area contributed by atoms with E-state index < -0.39 is 0 Å². The smallest absolute Gasteiger partial charge is 0.233 e. The molecule has 0 aliphatic rings. The van der Waals surface area contributed by atoms with E-state index in [4.69, 9.17) is 9.72 Å². The fourth-order valence-electron chi connectivity index (χ4n) is 4.21. The van der Waals surface area contributed by atoms with Crippen molar-refractivity contribution in [2.75, 3.05) is 0 Å². The molecule has 6 heteroatoms. The van der Waals surface area contributed by atoms with Crippen molar-refractivity contribution in [3.05, 3.63) is 65.5 Å². The second kappa shape index (κ2) is 9.01. The number of nitrogens with zero attached hydrogens (tertiary/aromatic N) is 4. The highest BCUT2D eigenvalue weighted by molar-refractivity contribution is 6.09. The summed E-state index contributed by atoms with van der Waals surface area (Å²) in [6.45, 7) is 14.3. The molecule has 3 heterocycles. The SMILES string of the molecule is Cc1cccc(C)c1-c1cc2c(C(=O)CC(C)(C)C)cn(-c3ccc(OC(C)C)nn3)c2cn1. The number of hydrogen-bond donors (Lipinski definition) is 0.